The normalized spacial score (nSPS) is 29.2. The molecule has 1 rings (SSSR count). The third-order valence-electron chi connectivity index (χ3n) is 3.03. The highest BCUT2D eigenvalue weighted by atomic mass is 32.2. The Labute approximate surface area is 117 Å². The second-order valence-electron chi connectivity index (χ2n) is 5.72. The van der Waals surface area contributed by atoms with Crippen molar-refractivity contribution in [1.82, 2.24) is 4.90 Å². The number of aliphatic hydroxyl groups is 1. The maximum atomic E-state index is 11.9. The van der Waals surface area contributed by atoms with Crippen molar-refractivity contribution in [3.05, 3.63) is 0 Å². The lowest BCUT2D eigenvalue weighted by molar-refractivity contribution is -0.150. The minimum absolute atomic E-state index is 0.155. The molecule has 1 amide bonds. The van der Waals surface area contributed by atoms with Gasteiger partial charge in [-0.05, 0) is 5.41 Å². The number of hydrogen-bond donors (Lipinski definition) is 2. The van der Waals surface area contributed by atoms with Gasteiger partial charge in [0.1, 0.15) is 12.3 Å². The molecule has 19 heavy (non-hydrogen) atoms. The third-order valence-corrected chi connectivity index (χ3v) is 5.04. The van der Waals surface area contributed by atoms with Crippen LogP contribution in [0.4, 0.5) is 0 Å². The fourth-order valence-corrected chi connectivity index (χ4v) is 4.01. The number of methoxy groups -OCH3 is 1. The molecule has 1 fully saturated rings. The zero-order valence-electron chi connectivity index (χ0n) is 11.7. The number of amides is 1. The molecular weight excluding hydrogens is 268 g/mol. The van der Waals surface area contributed by atoms with Gasteiger partial charge in [-0.1, -0.05) is 20.8 Å². The number of nitrogens with zero attached hydrogens (tertiary/aromatic N) is 1. The number of carbonyl (C=O) groups excluding carboxylic acids is 2. The monoisotopic (exact) mass is 290 g/mol. The van der Waals surface area contributed by atoms with Gasteiger partial charge in [-0.25, -0.2) is 4.79 Å². The average Bonchev–Trinajstić information content (AvgIpc) is 2.65. The molecule has 0 bridgehead atoms. The zero-order valence-corrected chi connectivity index (χ0v) is 12.5. The maximum absolute atomic E-state index is 11.9. The lowest BCUT2D eigenvalue weighted by Crippen LogP contribution is -2.48. The molecule has 1 aliphatic heterocycles. The first-order chi connectivity index (χ1) is 8.72. The quantitative estimate of drug-likeness (QED) is 0.435. The third kappa shape index (κ3) is 3.61. The molecule has 1 unspecified atom stereocenters. The molecule has 0 aromatic rings. The standard InChI is InChI=1S/C12H22N2O4S/c1-12(2,3)11-14(6-15)9(10(17)18-4)7(19-11)5-8(13)16/h6-9,11,16H,5,13H2,1-4H3/t7-,8-,9?,11-/m1/s1. The van der Waals surface area contributed by atoms with Crippen molar-refractivity contribution in [3.8, 4) is 0 Å². The highest BCUT2D eigenvalue weighted by molar-refractivity contribution is 8.00. The van der Waals surface area contributed by atoms with Gasteiger partial charge in [0.05, 0.1) is 12.5 Å². The van der Waals surface area contributed by atoms with E-state index >= 15 is 0 Å². The van der Waals surface area contributed by atoms with Crippen LogP contribution in [0.25, 0.3) is 0 Å². The minimum atomic E-state index is -1.02. The lowest BCUT2D eigenvalue weighted by Gasteiger charge is -2.33. The Balaban J connectivity index is 3.04. The van der Waals surface area contributed by atoms with Gasteiger partial charge in [-0.15, -0.1) is 11.8 Å². The van der Waals surface area contributed by atoms with Crippen LogP contribution in [0.2, 0.25) is 0 Å². The van der Waals surface area contributed by atoms with Crippen LogP contribution in [-0.2, 0) is 14.3 Å². The number of nitrogens with two attached hydrogens (primary N) is 1. The van der Waals surface area contributed by atoms with Crippen LogP contribution in [0.5, 0.6) is 0 Å². The summed E-state index contributed by atoms with van der Waals surface area (Å²) in [5.41, 5.74) is 5.21. The molecule has 0 aromatic carbocycles. The second-order valence-corrected chi connectivity index (χ2v) is 7.04. The molecular formula is C12H22N2O4S. The fourth-order valence-electron chi connectivity index (χ4n) is 2.24. The van der Waals surface area contributed by atoms with Crippen LogP contribution in [-0.4, -0.2) is 52.4 Å². The first-order valence-corrected chi connectivity index (χ1v) is 7.06. The highest BCUT2D eigenvalue weighted by Gasteiger charge is 2.50. The van der Waals surface area contributed by atoms with E-state index in [2.05, 4.69) is 0 Å². The summed E-state index contributed by atoms with van der Waals surface area (Å²) in [7, 11) is 1.29. The van der Waals surface area contributed by atoms with Crippen molar-refractivity contribution in [3.63, 3.8) is 0 Å². The van der Waals surface area contributed by atoms with Crippen LogP contribution >= 0.6 is 11.8 Å². The highest BCUT2D eigenvalue weighted by Crippen LogP contribution is 2.45. The molecule has 0 aliphatic carbocycles. The van der Waals surface area contributed by atoms with E-state index in [4.69, 9.17) is 10.5 Å². The Hall–Kier alpha value is -0.790. The second kappa shape index (κ2) is 6.11. The molecule has 0 spiro atoms. The van der Waals surface area contributed by atoms with Crippen molar-refractivity contribution >= 4 is 24.1 Å². The first kappa shape index (κ1) is 16.3. The smallest absolute Gasteiger partial charge is 0.329 e. The van der Waals surface area contributed by atoms with Gasteiger partial charge < -0.3 is 20.5 Å². The Morgan fingerprint density at radius 1 is 1.58 bits per heavy atom. The van der Waals surface area contributed by atoms with Crippen molar-refractivity contribution in [2.24, 2.45) is 11.1 Å². The van der Waals surface area contributed by atoms with Gasteiger partial charge in [-0.3, -0.25) is 4.79 Å². The summed E-state index contributed by atoms with van der Waals surface area (Å²) in [4.78, 5) is 24.7. The Morgan fingerprint density at radius 2 is 2.16 bits per heavy atom. The molecule has 110 valence electrons. The first-order valence-electron chi connectivity index (χ1n) is 6.12. The van der Waals surface area contributed by atoms with Gasteiger partial charge in [-0.2, -0.15) is 0 Å². The molecule has 4 atom stereocenters. The molecule has 0 aromatic heterocycles. The molecule has 7 heteroatoms. The Kier molecular flexibility index (Phi) is 5.23. The predicted octanol–water partition coefficient (Wildman–Crippen LogP) is 0.141. The topological polar surface area (TPSA) is 92.9 Å². The van der Waals surface area contributed by atoms with Crippen LogP contribution in [0, 0.1) is 5.41 Å². The van der Waals surface area contributed by atoms with E-state index in [1.165, 1.54) is 23.8 Å². The number of rotatable bonds is 4. The molecule has 0 saturated carbocycles. The number of carbonyl (C=O) groups is 2. The summed E-state index contributed by atoms with van der Waals surface area (Å²) in [6.45, 7) is 5.99. The summed E-state index contributed by atoms with van der Waals surface area (Å²) in [5.74, 6) is -0.475. The Bertz CT molecular complexity index is 343. The van der Waals surface area contributed by atoms with E-state index in [0.717, 1.165) is 0 Å². The van der Waals surface area contributed by atoms with Gasteiger partial charge in [0.25, 0.3) is 0 Å². The van der Waals surface area contributed by atoms with E-state index in [0.29, 0.717) is 6.41 Å². The van der Waals surface area contributed by atoms with Crippen molar-refractivity contribution < 1.29 is 19.4 Å². The fraction of sp³-hybridized carbons (Fsp3) is 0.833. The van der Waals surface area contributed by atoms with E-state index in [1.807, 2.05) is 20.8 Å². The van der Waals surface area contributed by atoms with Crippen molar-refractivity contribution in [1.29, 1.82) is 0 Å². The van der Waals surface area contributed by atoms with Crippen molar-refractivity contribution in [2.45, 2.75) is 50.1 Å². The van der Waals surface area contributed by atoms with Gasteiger partial charge in [0.15, 0.2) is 0 Å². The van der Waals surface area contributed by atoms with E-state index in [9.17, 15) is 14.7 Å². The molecule has 1 heterocycles. The van der Waals surface area contributed by atoms with Gasteiger partial charge >= 0.3 is 5.97 Å². The molecule has 0 radical (unpaired) electrons. The zero-order chi connectivity index (χ0) is 14.8. The van der Waals surface area contributed by atoms with Gasteiger partial charge in [0, 0.05) is 11.7 Å². The predicted molar refractivity (Wildman–Crippen MR) is 73.1 cm³/mol. The molecule has 6 nitrogen and oxygen atoms in total. The summed E-state index contributed by atoms with van der Waals surface area (Å²) >= 11 is 1.48. The number of aliphatic hydroxyl groups excluding tert-OH is 1. The molecule has 1 saturated heterocycles. The van der Waals surface area contributed by atoms with Crippen LogP contribution in [0.3, 0.4) is 0 Å². The number of esters is 1. The van der Waals surface area contributed by atoms with E-state index in [-0.39, 0.29) is 22.5 Å². The van der Waals surface area contributed by atoms with Crippen LogP contribution in [0.15, 0.2) is 0 Å². The summed E-state index contributed by atoms with van der Waals surface area (Å²) in [6, 6.07) is -0.699. The maximum Gasteiger partial charge on any atom is 0.329 e. The number of hydrogen-bond acceptors (Lipinski definition) is 6. The molecule has 1 aliphatic rings. The van der Waals surface area contributed by atoms with E-state index in [1.54, 1.807) is 0 Å². The minimum Gasteiger partial charge on any atom is -0.467 e. The average molecular weight is 290 g/mol. The van der Waals surface area contributed by atoms with E-state index < -0.39 is 18.2 Å². The number of ether oxygens (including phenoxy) is 1. The number of thioether (sulfide) groups is 1. The molecule has 3 N–H and O–H groups in total. The summed E-state index contributed by atoms with van der Waals surface area (Å²) < 4.78 is 4.76. The largest absolute Gasteiger partial charge is 0.467 e. The van der Waals surface area contributed by atoms with Crippen molar-refractivity contribution in [2.75, 3.05) is 7.11 Å². The lowest BCUT2D eigenvalue weighted by atomic mass is 9.94. The Morgan fingerprint density at radius 3 is 2.53 bits per heavy atom. The van der Waals surface area contributed by atoms with Crippen LogP contribution < -0.4 is 5.73 Å². The SMILES string of the molecule is COC(=O)C1[C@@H](C[C@H](N)O)S[C@H](C(C)(C)C)N1C=O. The summed E-state index contributed by atoms with van der Waals surface area (Å²) in [6.07, 6.45) is -0.105. The van der Waals surface area contributed by atoms with Crippen LogP contribution in [0.1, 0.15) is 27.2 Å². The summed E-state index contributed by atoms with van der Waals surface area (Å²) in [5, 5.41) is 8.92. The van der Waals surface area contributed by atoms with Gasteiger partial charge in [0.2, 0.25) is 6.41 Å².